The lowest BCUT2D eigenvalue weighted by Gasteiger charge is -2.41. The molecule has 0 unspecified atom stereocenters. The van der Waals surface area contributed by atoms with Crippen molar-refractivity contribution in [1.82, 2.24) is 9.80 Å². The molecule has 2 nitrogen and oxygen atoms in total. The molecule has 1 fully saturated rings. The SMILES string of the molecule is CCN1CCN(Cc2ccc(-c3ccccc3Cl)cc2)C[C@@H]1Cc1ccccc1. The summed E-state index contributed by atoms with van der Waals surface area (Å²) in [5.74, 6) is 0. The third-order valence-corrected chi connectivity index (χ3v) is 6.28. The fourth-order valence-electron chi connectivity index (χ4n) is 4.34. The molecule has 0 amide bonds. The second-order valence-electron chi connectivity index (χ2n) is 7.88. The highest BCUT2D eigenvalue weighted by molar-refractivity contribution is 6.33. The van der Waals surface area contributed by atoms with Crippen LogP contribution in [0.2, 0.25) is 5.02 Å². The van der Waals surface area contributed by atoms with Crippen LogP contribution in [0.3, 0.4) is 0 Å². The van der Waals surface area contributed by atoms with Gasteiger partial charge >= 0.3 is 0 Å². The van der Waals surface area contributed by atoms with Gasteiger partial charge in [0.25, 0.3) is 0 Å². The first-order chi connectivity index (χ1) is 14.2. The summed E-state index contributed by atoms with van der Waals surface area (Å²) in [6, 6.07) is 28.4. The molecule has 0 spiro atoms. The van der Waals surface area contributed by atoms with Gasteiger partial charge in [0.2, 0.25) is 0 Å². The summed E-state index contributed by atoms with van der Waals surface area (Å²) >= 11 is 6.35. The zero-order valence-corrected chi connectivity index (χ0v) is 17.9. The molecule has 4 rings (SSSR count). The summed E-state index contributed by atoms with van der Waals surface area (Å²) in [7, 11) is 0. The average molecular weight is 405 g/mol. The number of hydrogen-bond donors (Lipinski definition) is 0. The van der Waals surface area contributed by atoms with E-state index >= 15 is 0 Å². The van der Waals surface area contributed by atoms with Crippen LogP contribution < -0.4 is 0 Å². The number of benzene rings is 3. The number of piperazine rings is 1. The van der Waals surface area contributed by atoms with Crippen LogP contribution in [-0.4, -0.2) is 42.0 Å². The molecule has 1 aliphatic heterocycles. The van der Waals surface area contributed by atoms with Gasteiger partial charge in [0, 0.05) is 42.8 Å². The van der Waals surface area contributed by atoms with Crippen molar-refractivity contribution < 1.29 is 0 Å². The minimum Gasteiger partial charge on any atom is -0.298 e. The van der Waals surface area contributed by atoms with E-state index in [1.165, 1.54) is 16.7 Å². The number of rotatable bonds is 6. The van der Waals surface area contributed by atoms with E-state index in [9.17, 15) is 0 Å². The third-order valence-electron chi connectivity index (χ3n) is 5.95. The molecule has 3 aromatic carbocycles. The maximum atomic E-state index is 6.35. The Labute approximate surface area is 179 Å². The Morgan fingerprint density at radius 2 is 1.55 bits per heavy atom. The van der Waals surface area contributed by atoms with E-state index in [1.807, 2.05) is 18.2 Å². The molecule has 0 bridgehead atoms. The van der Waals surface area contributed by atoms with Crippen LogP contribution in [0.15, 0.2) is 78.9 Å². The van der Waals surface area contributed by atoms with Gasteiger partial charge in [0.15, 0.2) is 0 Å². The summed E-state index contributed by atoms with van der Waals surface area (Å²) in [5.41, 5.74) is 5.07. The molecule has 3 aromatic rings. The second-order valence-corrected chi connectivity index (χ2v) is 8.29. The number of hydrogen-bond acceptors (Lipinski definition) is 2. The summed E-state index contributed by atoms with van der Waals surface area (Å²) in [5, 5.41) is 0.805. The summed E-state index contributed by atoms with van der Waals surface area (Å²) < 4.78 is 0. The fraction of sp³-hybridized carbons (Fsp3) is 0.308. The van der Waals surface area contributed by atoms with E-state index in [2.05, 4.69) is 77.4 Å². The number of halogens is 1. The molecule has 3 heteroatoms. The Balaban J connectivity index is 1.42. The molecule has 0 aliphatic carbocycles. The van der Waals surface area contributed by atoms with Crippen molar-refractivity contribution in [2.24, 2.45) is 0 Å². The van der Waals surface area contributed by atoms with Gasteiger partial charge in [-0.25, -0.2) is 0 Å². The predicted molar refractivity (Wildman–Crippen MR) is 123 cm³/mol. The molecule has 0 N–H and O–H groups in total. The molecule has 150 valence electrons. The molecule has 1 heterocycles. The van der Waals surface area contributed by atoms with Crippen molar-refractivity contribution in [2.75, 3.05) is 26.2 Å². The van der Waals surface area contributed by atoms with Crippen molar-refractivity contribution >= 4 is 11.6 Å². The summed E-state index contributed by atoms with van der Waals surface area (Å²) in [4.78, 5) is 5.23. The van der Waals surface area contributed by atoms with Gasteiger partial charge in [-0.15, -0.1) is 0 Å². The first-order valence-electron chi connectivity index (χ1n) is 10.6. The topological polar surface area (TPSA) is 6.48 Å². The van der Waals surface area contributed by atoms with Crippen molar-refractivity contribution in [3.8, 4) is 11.1 Å². The lowest BCUT2D eigenvalue weighted by molar-refractivity contribution is 0.0741. The molecule has 0 aromatic heterocycles. The minimum absolute atomic E-state index is 0.582. The summed E-state index contributed by atoms with van der Waals surface area (Å²) in [6.07, 6.45) is 1.12. The van der Waals surface area contributed by atoms with E-state index in [-0.39, 0.29) is 0 Å². The van der Waals surface area contributed by atoms with Crippen LogP contribution in [0.25, 0.3) is 11.1 Å². The molecular formula is C26H29ClN2. The van der Waals surface area contributed by atoms with Gasteiger partial charge in [0.05, 0.1) is 0 Å². The Morgan fingerprint density at radius 3 is 2.28 bits per heavy atom. The highest BCUT2D eigenvalue weighted by Crippen LogP contribution is 2.28. The zero-order chi connectivity index (χ0) is 20.1. The largest absolute Gasteiger partial charge is 0.298 e. The molecular weight excluding hydrogens is 376 g/mol. The van der Waals surface area contributed by atoms with Crippen LogP contribution >= 0.6 is 11.6 Å². The second kappa shape index (κ2) is 9.58. The predicted octanol–water partition coefficient (Wildman–Crippen LogP) is 5.76. The van der Waals surface area contributed by atoms with Gasteiger partial charge in [-0.05, 0) is 35.7 Å². The van der Waals surface area contributed by atoms with E-state index < -0.39 is 0 Å². The standard InChI is InChI=1S/C26H29ClN2/c1-2-29-17-16-28(20-24(29)18-21-8-4-3-5-9-21)19-22-12-14-23(15-13-22)25-10-6-7-11-26(25)27/h3-15,24H,2,16-20H2,1H3/t24-/m0/s1. The lowest BCUT2D eigenvalue weighted by atomic mass is 10.0. The Morgan fingerprint density at radius 1 is 0.828 bits per heavy atom. The van der Waals surface area contributed by atoms with Gasteiger partial charge in [0.1, 0.15) is 0 Å². The number of nitrogens with zero attached hydrogens (tertiary/aromatic N) is 2. The molecule has 29 heavy (non-hydrogen) atoms. The Hall–Kier alpha value is -2.13. The number of likely N-dealkylation sites (N-methyl/N-ethyl adjacent to an activating group) is 1. The van der Waals surface area contributed by atoms with Crippen LogP contribution in [0.4, 0.5) is 0 Å². The van der Waals surface area contributed by atoms with E-state index in [0.29, 0.717) is 6.04 Å². The van der Waals surface area contributed by atoms with Crippen molar-refractivity contribution in [1.29, 1.82) is 0 Å². The van der Waals surface area contributed by atoms with Crippen LogP contribution in [0, 0.1) is 0 Å². The van der Waals surface area contributed by atoms with E-state index in [1.54, 1.807) is 0 Å². The monoisotopic (exact) mass is 404 g/mol. The van der Waals surface area contributed by atoms with Crippen molar-refractivity contribution in [3.63, 3.8) is 0 Å². The highest BCUT2D eigenvalue weighted by Gasteiger charge is 2.26. The molecule has 0 radical (unpaired) electrons. The van der Waals surface area contributed by atoms with Crippen LogP contribution in [0.1, 0.15) is 18.1 Å². The van der Waals surface area contributed by atoms with Gasteiger partial charge in [-0.1, -0.05) is 91.3 Å². The first kappa shape index (κ1) is 20.2. The van der Waals surface area contributed by atoms with Crippen LogP contribution in [-0.2, 0) is 13.0 Å². The quantitative estimate of drug-likeness (QED) is 0.515. The van der Waals surface area contributed by atoms with Gasteiger partial charge in [-0.3, -0.25) is 9.80 Å². The summed E-state index contributed by atoms with van der Waals surface area (Å²) in [6.45, 7) is 7.80. The van der Waals surface area contributed by atoms with Crippen molar-refractivity contribution in [2.45, 2.75) is 25.9 Å². The molecule has 1 saturated heterocycles. The smallest absolute Gasteiger partial charge is 0.0484 e. The van der Waals surface area contributed by atoms with E-state index in [4.69, 9.17) is 11.6 Å². The average Bonchev–Trinajstić information content (AvgIpc) is 2.76. The normalized spacial score (nSPS) is 18.1. The van der Waals surface area contributed by atoms with Gasteiger partial charge < -0.3 is 0 Å². The Bertz CT molecular complexity index is 908. The zero-order valence-electron chi connectivity index (χ0n) is 17.1. The molecule has 0 saturated carbocycles. The van der Waals surface area contributed by atoms with Gasteiger partial charge in [-0.2, -0.15) is 0 Å². The first-order valence-corrected chi connectivity index (χ1v) is 10.9. The maximum absolute atomic E-state index is 6.35. The fourth-order valence-corrected chi connectivity index (χ4v) is 4.59. The Kier molecular flexibility index (Phi) is 6.66. The van der Waals surface area contributed by atoms with E-state index in [0.717, 1.165) is 49.7 Å². The maximum Gasteiger partial charge on any atom is 0.0484 e. The minimum atomic E-state index is 0.582. The highest BCUT2D eigenvalue weighted by atomic mass is 35.5. The van der Waals surface area contributed by atoms with Crippen LogP contribution in [0.5, 0.6) is 0 Å². The molecule has 1 aliphatic rings. The molecule has 1 atom stereocenters. The lowest BCUT2D eigenvalue weighted by Crippen LogP contribution is -2.53. The van der Waals surface area contributed by atoms with Crippen molar-refractivity contribution in [3.05, 3.63) is 95.0 Å². The third kappa shape index (κ3) is 5.08.